The first-order valence-electron chi connectivity index (χ1n) is 6.28. The number of halogens is 2. The highest BCUT2D eigenvalue weighted by Crippen LogP contribution is 2.30. The van der Waals surface area contributed by atoms with E-state index in [4.69, 9.17) is 16.3 Å². The van der Waals surface area contributed by atoms with Crippen LogP contribution in [0.5, 0.6) is 5.75 Å². The summed E-state index contributed by atoms with van der Waals surface area (Å²) < 4.78 is 6.12. The maximum absolute atomic E-state index is 10.4. The predicted molar refractivity (Wildman–Crippen MR) is 85.5 cm³/mol. The Labute approximate surface area is 132 Å². The van der Waals surface area contributed by atoms with Gasteiger partial charge in [0.25, 0.3) is 0 Å². The Morgan fingerprint density at radius 3 is 2.65 bits per heavy atom. The Hall–Kier alpha value is -1.03. The van der Waals surface area contributed by atoms with Crippen molar-refractivity contribution in [3.8, 4) is 5.75 Å². The average molecular weight is 356 g/mol. The Morgan fingerprint density at radius 1 is 1.25 bits per heavy atom. The zero-order valence-corrected chi connectivity index (χ0v) is 13.7. The number of aliphatic hydroxyl groups is 1. The Kier molecular flexibility index (Phi) is 5.08. The van der Waals surface area contributed by atoms with Gasteiger partial charge in [-0.1, -0.05) is 35.4 Å². The van der Waals surface area contributed by atoms with Gasteiger partial charge in [0.15, 0.2) is 0 Å². The number of hydrogen-bond donors (Lipinski definition) is 1. The van der Waals surface area contributed by atoms with E-state index in [1.807, 2.05) is 37.3 Å². The Bertz CT molecular complexity index is 613. The number of hydrogen-bond acceptors (Lipinski definition) is 2. The lowest BCUT2D eigenvalue weighted by molar-refractivity contribution is 0.177. The van der Waals surface area contributed by atoms with Gasteiger partial charge in [-0.25, -0.2) is 0 Å². The fourth-order valence-corrected chi connectivity index (χ4v) is 2.63. The fraction of sp³-hybridized carbons (Fsp3) is 0.250. The van der Waals surface area contributed by atoms with E-state index in [2.05, 4.69) is 15.9 Å². The van der Waals surface area contributed by atoms with Gasteiger partial charge in [-0.3, -0.25) is 0 Å². The summed E-state index contributed by atoms with van der Waals surface area (Å²) in [6, 6.07) is 11.4. The third kappa shape index (κ3) is 3.54. The molecule has 0 aliphatic heterocycles. The van der Waals surface area contributed by atoms with Gasteiger partial charge >= 0.3 is 0 Å². The van der Waals surface area contributed by atoms with E-state index in [-0.39, 0.29) is 0 Å². The minimum Gasteiger partial charge on any atom is -0.496 e. The second-order valence-electron chi connectivity index (χ2n) is 4.71. The molecule has 2 nitrogen and oxygen atoms in total. The van der Waals surface area contributed by atoms with Crippen LogP contribution in [0.25, 0.3) is 0 Å². The van der Waals surface area contributed by atoms with E-state index in [1.165, 1.54) is 0 Å². The molecule has 0 saturated carbocycles. The van der Waals surface area contributed by atoms with Crippen molar-refractivity contribution in [1.29, 1.82) is 0 Å². The van der Waals surface area contributed by atoms with Gasteiger partial charge in [0.05, 0.1) is 18.2 Å². The van der Waals surface area contributed by atoms with Gasteiger partial charge in [-0.15, -0.1) is 0 Å². The molecule has 1 atom stereocenters. The predicted octanol–water partition coefficient (Wildman–Crippen LogP) is 4.70. The number of benzene rings is 2. The first-order valence-corrected chi connectivity index (χ1v) is 7.45. The van der Waals surface area contributed by atoms with E-state index < -0.39 is 6.10 Å². The third-order valence-electron chi connectivity index (χ3n) is 3.18. The van der Waals surface area contributed by atoms with Crippen molar-refractivity contribution in [3.05, 3.63) is 62.6 Å². The zero-order chi connectivity index (χ0) is 14.7. The van der Waals surface area contributed by atoms with E-state index in [0.29, 0.717) is 11.4 Å². The molecule has 0 amide bonds. The van der Waals surface area contributed by atoms with Crippen molar-refractivity contribution >= 4 is 27.5 Å². The molecule has 0 bridgehead atoms. The largest absolute Gasteiger partial charge is 0.496 e. The molecule has 106 valence electrons. The molecular weight excluding hydrogens is 340 g/mol. The van der Waals surface area contributed by atoms with Crippen molar-refractivity contribution in [2.75, 3.05) is 7.11 Å². The minimum absolute atomic E-state index is 0.499. The molecule has 0 spiro atoms. The third-order valence-corrected chi connectivity index (χ3v) is 4.39. The Balaban J connectivity index is 2.24. The van der Waals surface area contributed by atoms with Crippen LogP contribution in [0.4, 0.5) is 0 Å². The normalized spacial score (nSPS) is 12.2. The van der Waals surface area contributed by atoms with Gasteiger partial charge in [-0.2, -0.15) is 0 Å². The number of ether oxygens (including phenoxy) is 1. The second kappa shape index (κ2) is 6.61. The molecule has 0 aliphatic rings. The summed E-state index contributed by atoms with van der Waals surface area (Å²) >= 11 is 9.34. The minimum atomic E-state index is -0.598. The Morgan fingerprint density at radius 2 is 2.00 bits per heavy atom. The first-order chi connectivity index (χ1) is 9.51. The molecule has 1 N–H and O–H groups in total. The maximum Gasteiger partial charge on any atom is 0.122 e. The van der Waals surface area contributed by atoms with Crippen LogP contribution in [0.1, 0.15) is 22.8 Å². The average Bonchev–Trinajstić information content (AvgIpc) is 2.42. The highest BCUT2D eigenvalue weighted by molar-refractivity contribution is 9.10. The summed E-state index contributed by atoms with van der Waals surface area (Å²) in [7, 11) is 1.64. The van der Waals surface area contributed by atoms with Gasteiger partial charge in [0, 0.05) is 10.9 Å². The van der Waals surface area contributed by atoms with Crippen LogP contribution in [0, 0.1) is 6.92 Å². The van der Waals surface area contributed by atoms with Crippen LogP contribution in [0.3, 0.4) is 0 Å². The van der Waals surface area contributed by atoms with Gasteiger partial charge in [0.2, 0.25) is 0 Å². The van der Waals surface area contributed by atoms with Crippen molar-refractivity contribution in [2.45, 2.75) is 19.4 Å². The molecule has 2 rings (SSSR count). The summed E-state index contributed by atoms with van der Waals surface area (Å²) in [4.78, 5) is 0. The van der Waals surface area contributed by atoms with E-state index in [0.717, 1.165) is 26.9 Å². The monoisotopic (exact) mass is 354 g/mol. The maximum atomic E-state index is 10.4. The molecule has 1 unspecified atom stereocenters. The van der Waals surface area contributed by atoms with Crippen LogP contribution >= 0.6 is 27.5 Å². The van der Waals surface area contributed by atoms with E-state index in [9.17, 15) is 5.11 Å². The molecule has 0 saturated heterocycles. The molecule has 0 aliphatic carbocycles. The SMILES string of the molecule is COc1ccc(C)cc1CC(O)c1ccc(Cl)c(Br)c1. The molecule has 2 aromatic rings. The summed E-state index contributed by atoms with van der Waals surface area (Å²) in [6.07, 6.45) is -0.0990. The fourth-order valence-electron chi connectivity index (χ4n) is 2.11. The summed E-state index contributed by atoms with van der Waals surface area (Å²) in [5, 5.41) is 11.0. The number of methoxy groups -OCH3 is 1. The van der Waals surface area contributed by atoms with Crippen LogP contribution in [-0.2, 0) is 6.42 Å². The molecule has 2 aromatic carbocycles. The van der Waals surface area contributed by atoms with E-state index in [1.54, 1.807) is 13.2 Å². The lowest BCUT2D eigenvalue weighted by atomic mass is 9.99. The molecule has 0 aromatic heterocycles. The zero-order valence-electron chi connectivity index (χ0n) is 11.4. The van der Waals surface area contributed by atoms with Crippen LogP contribution in [0.2, 0.25) is 5.02 Å². The smallest absolute Gasteiger partial charge is 0.122 e. The van der Waals surface area contributed by atoms with Crippen LogP contribution < -0.4 is 4.74 Å². The molecule has 0 fully saturated rings. The highest BCUT2D eigenvalue weighted by Gasteiger charge is 2.13. The molecular formula is C16H16BrClO2. The summed E-state index contributed by atoms with van der Waals surface area (Å²) in [5.74, 6) is 0.794. The van der Waals surface area contributed by atoms with E-state index >= 15 is 0 Å². The van der Waals surface area contributed by atoms with Crippen molar-refractivity contribution in [1.82, 2.24) is 0 Å². The van der Waals surface area contributed by atoms with Crippen LogP contribution in [-0.4, -0.2) is 12.2 Å². The number of aliphatic hydroxyl groups excluding tert-OH is 1. The second-order valence-corrected chi connectivity index (χ2v) is 5.97. The van der Waals surface area contributed by atoms with Gasteiger partial charge in [-0.05, 0) is 52.2 Å². The van der Waals surface area contributed by atoms with Crippen molar-refractivity contribution in [2.24, 2.45) is 0 Å². The topological polar surface area (TPSA) is 29.5 Å². The molecule has 0 heterocycles. The van der Waals surface area contributed by atoms with Gasteiger partial charge in [0.1, 0.15) is 5.75 Å². The standard InChI is InChI=1S/C16H16BrClO2/c1-10-3-6-16(20-2)12(7-10)9-15(19)11-4-5-14(18)13(17)8-11/h3-8,15,19H,9H2,1-2H3. The first kappa shape index (κ1) is 15.4. The van der Waals surface area contributed by atoms with Crippen molar-refractivity contribution < 1.29 is 9.84 Å². The van der Waals surface area contributed by atoms with Crippen LogP contribution in [0.15, 0.2) is 40.9 Å². The summed E-state index contributed by atoms with van der Waals surface area (Å²) in [6.45, 7) is 2.02. The van der Waals surface area contributed by atoms with Crippen molar-refractivity contribution in [3.63, 3.8) is 0 Å². The number of rotatable bonds is 4. The summed E-state index contributed by atoms with van der Waals surface area (Å²) in [5.41, 5.74) is 2.96. The quantitative estimate of drug-likeness (QED) is 0.861. The lowest BCUT2D eigenvalue weighted by Crippen LogP contribution is -2.04. The lowest BCUT2D eigenvalue weighted by Gasteiger charge is -2.15. The van der Waals surface area contributed by atoms with Gasteiger partial charge < -0.3 is 9.84 Å². The highest BCUT2D eigenvalue weighted by atomic mass is 79.9. The molecule has 20 heavy (non-hydrogen) atoms. The molecule has 4 heteroatoms. The number of aryl methyl sites for hydroxylation is 1. The molecule has 0 radical (unpaired) electrons.